The van der Waals surface area contributed by atoms with Gasteiger partial charge in [-0.25, -0.2) is 0 Å². The van der Waals surface area contributed by atoms with Gasteiger partial charge in [0.2, 0.25) is 0 Å². The summed E-state index contributed by atoms with van der Waals surface area (Å²) in [6.45, 7) is 11.2. The van der Waals surface area contributed by atoms with E-state index >= 15 is 0 Å². The van der Waals surface area contributed by atoms with Gasteiger partial charge in [-0.1, -0.05) is 20.8 Å². The van der Waals surface area contributed by atoms with Gasteiger partial charge in [0.05, 0.1) is 12.3 Å². The number of fused-ring (bicyclic) bond motifs is 1. The maximum absolute atomic E-state index is 13.0. The molecule has 0 aliphatic carbocycles. The summed E-state index contributed by atoms with van der Waals surface area (Å²) in [4.78, 5) is 17.5. The van der Waals surface area contributed by atoms with Gasteiger partial charge >= 0.3 is 0 Å². The van der Waals surface area contributed by atoms with E-state index in [4.69, 9.17) is 9.47 Å². The van der Waals surface area contributed by atoms with Gasteiger partial charge in [0.25, 0.3) is 5.91 Å². The molecular formula is C21H30N2O3. The van der Waals surface area contributed by atoms with Crippen LogP contribution in [0.2, 0.25) is 0 Å². The summed E-state index contributed by atoms with van der Waals surface area (Å²) >= 11 is 0. The van der Waals surface area contributed by atoms with Gasteiger partial charge in [0, 0.05) is 18.2 Å². The summed E-state index contributed by atoms with van der Waals surface area (Å²) in [6, 6.07) is 7.51. The van der Waals surface area contributed by atoms with Crippen molar-refractivity contribution in [3.8, 4) is 5.75 Å². The Morgan fingerprint density at radius 2 is 2.04 bits per heavy atom. The lowest BCUT2D eigenvalue weighted by Gasteiger charge is -2.30. The Balaban J connectivity index is 2.33. The molecule has 1 heterocycles. The minimum Gasteiger partial charge on any atom is -0.492 e. The quantitative estimate of drug-likeness (QED) is 0.699. The topological polar surface area (TPSA) is 60.5 Å². The monoisotopic (exact) mass is 358 g/mol. The summed E-state index contributed by atoms with van der Waals surface area (Å²) in [5.41, 5.74) is 0.598. The molecule has 1 amide bonds. The highest BCUT2D eigenvalue weighted by molar-refractivity contribution is 6.05. The molecule has 0 bridgehead atoms. The fraction of sp³-hybridized carbons (Fsp3) is 0.524. The van der Waals surface area contributed by atoms with Gasteiger partial charge in [0.15, 0.2) is 0 Å². The van der Waals surface area contributed by atoms with Crippen LogP contribution in [0, 0.1) is 5.92 Å². The Morgan fingerprint density at radius 3 is 2.69 bits per heavy atom. The van der Waals surface area contributed by atoms with Crippen LogP contribution in [0.25, 0.3) is 10.9 Å². The second-order valence-electron chi connectivity index (χ2n) is 7.08. The maximum Gasteiger partial charge on any atom is 0.256 e. The Morgan fingerprint density at radius 1 is 1.27 bits per heavy atom. The van der Waals surface area contributed by atoms with E-state index in [1.165, 1.54) is 0 Å². The van der Waals surface area contributed by atoms with Crippen LogP contribution in [-0.2, 0) is 9.53 Å². The van der Waals surface area contributed by atoms with Crippen LogP contribution in [0.3, 0.4) is 0 Å². The average Bonchev–Trinajstić information content (AvgIpc) is 2.61. The number of hydrogen-bond donors (Lipinski definition) is 1. The van der Waals surface area contributed by atoms with Crippen LogP contribution >= 0.6 is 0 Å². The van der Waals surface area contributed by atoms with Crippen molar-refractivity contribution < 1.29 is 14.3 Å². The number of rotatable bonds is 9. The highest BCUT2D eigenvalue weighted by atomic mass is 16.5. The number of carbonyl (C=O) groups excluding carboxylic acids is 1. The van der Waals surface area contributed by atoms with Crippen molar-refractivity contribution in [3.05, 3.63) is 30.5 Å². The molecule has 1 N–H and O–H groups in total. The molecule has 5 heteroatoms. The zero-order valence-electron chi connectivity index (χ0n) is 16.5. The summed E-state index contributed by atoms with van der Waals surface area (Å²) in [7, 11) is 0. The van der Waals surface area contributed by atoms with Gasteiger partial charge in [-0.3, -0.25) is 9.78 Å². The molecule has 1 atom stereocenters. The lowest BCUT2D eigenvalue weighted by atomic mass is 9.92. The largest absolute Gasteiger partial charge is 0.492 e. The van der Waals surface area contributed by atoms with E-state index in [-0.39, 0.29) is 5.91 Å². The molecule has 0 radical (unpaired) electrons. The van der Waals surface area contributed by atoms with Crippen LogP contribution < -0.4 is 10.1 Å². The van der Waals surface area contributed by atoms with Crippen LogP contribution in [-0.4, -0.2) is 29.7 Å². The van der Waals surface area contributed by atoms with Crippen molar-refractivity contribution >= 4 is 22.5 Å². The molecule has 26 heavy (non-hydrogen) atoms. The first-order valence-corrected chi connectivity index (χ1v) is 9.37. The summed E-state index contributed by atoms with van der Waals surface area (Å²) in [5.74, 6) is 0.934. The van der Waals surface area contributed by atoms with Crippen LogP contribution in [0.1, 0.15) is 47.5 Å². The maximum atomic E-state index is 13.0. The van der Waals surface area contributed by atoms with Gasteiger partial charge in [0.1, 0.15) is 16.9 Å². The van der Waals surface area contributed by atoms with Gasteiger partial charge < -0.3 is 14.8 Å². The van der Waals surface area contributed by atoms with E-state index in [0.717, 1.165) is 23.0 Å². The van der Waals surface area contributed by atoms with E-state index in [0.29, 0.717) is 31.3 Å². The fourth-order valence-electron chi connectivity index (χ4n) is 3.11. The molecule has 1 aromatic heterocycles. The molecule has 2 rings (SSSR count). The average molecular weight is 358 g/mol. The zero-order chi connectivity index (χ0) is 19.2. The highest BCUT2D eigenvalue weighted by Crippen LogP contribution is 2.31. The first-order valence-electron chi connectivity index (χ1n) is 9.37. The van der Waals surface area contributed by atoms with Crippen LogP contribution in [0.5, 0.6) is 5.75 Å². The number of nitrogens with zero attached hydrogens (tertiary/aromatic N) is 1. The number of pyridine rings is 1. The van der Waals surface area contributed by atoms with Crippen molar-refractivity contribution in [1.29, 1.82) is 0 Å². The molecule has 142 valence electrons. The Bertz CT molecular complexity index is 745. The highest BCUT2D eigenvalue weighted by Gasteiger charge is 2.35. The number of hydrogen-bond acceptors (Lipinski definition) is 4. The lowest BCUT2D eigenvalue weighted by Crippen LogP contribution is -2.44. The summed E-state index contributed by atoms with van der Waals surface area (Å²) in [6.07, 6.45) is 3.26. The van der Waals surface area contributed by atoms with Crippen molar-refractivity contribution in [1.82, 2.24) is 4.98 Å². The molecule has 1 aromatic carbocycles. The molecule has 0 saturated carbocycles. The predicted octanol–water partition coefficient (Wildman–Crippen LogP) is 4.80. The number of amides is 1. The lowest BCUT2D eigenvalue weighted by molar-refractivity contribution is -0.141. The molecule has 0 fully saturated rings. The smallest absolute Gasteiger partial charge is 0.256 e. The second-order valence-corrected chi connectivity index (χ2v) is 7.08. The number of anilines is 1. The predicted molar refractivity (Wildman–Crippen MR) is 106 cm³/mol. The minimum atomic E-state index is -0.864. The molecule has 2 aromatic rings. The number of carbonyl (C=O) groups is 1. The summed E-state index contributed by atoms with van der Waals surface area (Å²) in [5, 5.41) is 3.91. The SMILES string of the molecule is CCCOC(C)(CC(C)C)C(=O)Nc1ccc(OCC)c2ncccc12. The van der Waals surface area contributed by atoms with E-state index < -0.39 is 5.60 Å². The van der Waals surface area contributed by atoms with E-state index in [2.05, 4.69) is 24.1 Å². The van der Waals surface area contributed by atoms with Crippen LogP contribution in [0.4, 0.5) is 5.69 Å². The zero-order valence-corrected chi connectivity index (χ0v) is 16.5. The number of aromatic nitrogens is 1. The number of benzene rings is 1. The third-order valence-corrected chi connectivity index (χ3v) is 4.18. The first kappa shape index (κ1) is 20.2. The first-order chi connectivity index (χ1) is 12.4. The van der Waals surface area contributed by atoms with Crippen molar-refractivity contribution in [3.63, 3.8) is 0 Å². The number of ether oxygens (including phenoxy) is 2. The van der Waals surface area contributed by atoms with Crippen molar-refractivity contribution in [2.24, 2.45) is 5.92 Å². The second kappa shape index (κ2) is 8.99. The van der Waals surface area contributed by atoms with Crippen molar-refractivity contribution in [2.75, 3.05) is 18.5 Å². The minimum absolute atomic E-state index is 0.131. The van der Waals surface area contributed by atoms with Gasteiger partial charge in [-0.05, 0) is 56.9 Å². The Labute approximate surface area is 156 Å². The van der Waals surface area contributed by atoms with Crippen LogP contribution in [0.15, 0.2) is 30.5 Å². The molecule has 5 nitrogen and oxygen atoms in total. The third-order valence-electron chi connectivity index (χ3n) is 4.18. The van der Waals surface area contributed by atoms with E-state index in [1.807, 2.05) is 45.0 Å². The third kappa shape index (κ3) is 4.73. The van der Waals surface area contributed by atoms with E-state index in [9.17, 15) is 4.79 Å². The standard InChI is InChI=1S/C21H30N2O3/c1-6-13-26-21(5,14-15(3)4)20(24)23-17-10-11-18(25-7-2)19-16(17)9-8-12-22-19/h8-12,15H,6-7,13-14H2,1-5H3,(H,23,24). The number of nitrogens with one attached hydrogen (secondary N) is 1. The summed E-state index contributed by atoms with van der Waals surface area (Å²) < 4.78 is 11.6. The van der Waals surface area contributed by atoms with Crippen molar-refractivity contribution in [2.45, 2.75) is 53.1 Å². The molecule has 0 spiro atoms. The molecule has 0 saturated heterocycles. The molecule has 0 aliphatic heterocycles. The Kier molecular flexibility index (Phi) is 6.98. The van der Waals surface area contributed by atoms with Gasteiger partial charge in [-0.15, -0.1) is 0 Å². The van der Waals surface area contributed by atoms with Gasteiger partial charge in [-0.2, -0.15) is 0 Å². The van der Waals surface area contributed by atoms with E-state index in [1.54, 1.807) is 6.20 Å². The normalized spacial score (nSPS) is 13.6. The molecular weight excluding hydrogens is 328 g/mol. The fourth-order valence-corrected chi connectivity index (χ4v) is 3.11. The molecule has 1 unspecified atom stereocenters. The molecule has 0 aliphatic rings. The Hall–Kier alpha value is -2.14.